The van der Waals surface area contributed by atoms with Gasteiger partial charge < -0.3 is 20.3 Å². The zero-order valence-electron chi connectivity index (χ0n) is 58.4. The van der Waals surface area contributed by atoms with E-state index in [2.05, 4.69) is 19.2 Å². The molecule has 0 saturated heterocycles. The number of nitrogens with one attached hydrogen (secondary N) is 1. The first kappa shape index (κ1) is 83.9. The van der Waals surface area contributed by atoms with Crippen LogP contribution in [0.5, 0.6) is 0 Å². The van der Waals surface area contributed by atoms with Gasteiger partial charge >= 0.3 is 5.97 Å². The topological polar surface area (TPSA) is 95.9 Å². The molecule has 0 spiro atoms. The Morgan fingerprint density at radius 2 is 0.482 bits per heavy atom. The third-order valence-electron chi connectivity index (χ3n) is 19.2. The van der Waals surface area contributed by atoms with Crippen LogP contribution in [0.25, 0.3) is 0 Å². The summed E-state index contributed by atoms with van der Waals surface area (Å²) in [6.07, 6.45) is 93.3. The molecule has 0 bridgehead atoms. The first-order chi connectivity index (χ1) is 42.0. The van der Waals surface area contributed by atoms with Gasteiger partial charge in [0, 0.05) is 12.8 Å². The van der Waals surface area contributed by atoms with Crippen LogP contribution >= 0.6 is 0 Å². The van der Waals surface area contributed by atoms with Gasteiger partial charge in [0.05, 0.1) is 25.4 Å². The van der Waals surface area contributed by atoms with E-state index >= 15 is 0 Å². The Balaban J connectivity index is 3.34. The predicted molar refractivity (Wildman–Crippen MR) is 375 cm³/mol. The number of amides is 1. The lowest BCUT2D eigenvalue weighted by Gasteiger charge is -2.22. The molecule has 0 saturated carbocycles. The second-order valence-corrected chi connectivity index (χ2v) is 27.8. The highest BCUT2D eigenvalue weighted by atomic mass is 16.5. The van der Waals surface area contributed by atoms with Gasteiger partial charge in [-0.1, -0.05) is 431 Å². The molecule has 0 aliphatic heterocycles. The molecule has 6 nitrogen and oxygen atoms in total. The van der Waals surface area contributed by atoms with Crippen molar-refractivity contribution in [3.8, 4) is 0 Å². The fourth-order valence-corrected chi connectivity index (χ4v) is 13.1. The van der Waals surface area contributed by atoms with Gasteiger partial charge in [-0.25, -0.2) is 0 Å². The molecule has 0 aromatic carbocycles. The Morgan fingerprint density at radius 1 is 0.282 bits per heavy atom. The number of carbonyl (C=O) groups excluding carboxylic acids is 2. The molecule has 2 atom stereocenters. The summed E-state index contributed by atoms with van der Waals surface area (Å²) in [5, 5.41) is 23.5. The van der Waals surface area contributed by atoms with Crippen molar-refractivity contribution < 1.29 is 24.5 Å². The molecule has 0 aromatic heterocycles. The van der Waals surface area contributed by atoms with Crippen LogP contribution in [0.2, 0.25) is 0 Å². The van der Waals surface area contributed by atoms with Gasteiger partial charge in [0.2, 0.25) is 5.91 Å². The number of hydrogen-bond donors (Lipinski definition) is 3. The van der Waals surface area contributed by atoms with Crippen molar-refractivity contribution in [2.24, 2.45) is 0 Å². The Hall–Kier alpha value is -1.14. The number of aliphatic hydroxyl groups excluding tert-OH is 2. The zero-order chi connectivity index (χ0) is 61.3. The van der Waals surface area contributed by atoms with Crippen molar-refractivity contribution in [3.63, 3.8) is 0 Å². The average Bonchev–Trinajstić information content (AvgIpc) is 3.51. The average molecular weight is 1200 g/mol. The van der Waals surface area contributed by atoms with Gasteiger partial charge in [0.25, 0.3) is 0 Å². The number of hydrogen-bond acceptors (Lipinski definition) is 5. The van der Waals surface area contributed by atoms with Crippen LogP contribution in [0, 0.1) is 0 Å². The van der Waals surface area contributed by atoms with E-state index in [0.29, 0.717) is 25.9 Å². The second-order valence-electron chi connectivity index (χ2n) is 27.8. The van der Waals surface area contributed by atoms with Crippen LogP contribution < -0.4 is 5.32 Å². The molecule has 0 radical (unpaired) electrons. The van der Waals surface area contributed by atoms with Gasteiger partial charge in [-0.3, -0.25) is 9.59 Å². The summed E-state index contributed by atoms with van der Waals surface area (Å²) in [5.41, 5.74) is 0. The third-order valence-corrected chi connectivity index (χ3v) is 19.2. The minimum Gasteiger partial charge on any atom is -0.466 e. The molecule has 0 aliphatic carbocycles. The normalized spacial score (nSPS) is 12.4. The van der Waals surface area contributed by atoms with Gasteiger partial charge in [-0.05, 0) is 25.7 Å². The van der Waals surface area contributed by atoms with E-state index in [4.69, 9.17) is 4.74 Å². The van der Waals surface area contributed by atoms with Crippen molar-refractivity contribution in [3.05, 3.63) is 0 Å². The van der Waals surface area contributed by atoms with Crippen LogP contribution in [-0.4, -0.2) is 47.4 Å². The summed E-state index contributed by atoms with van der Waals surface area (Å²) in [6.45, 7) is 5.02. The van der Waals surface area contributed by atoms with Crippen molar-refractivity contribution in [2.45, 2.75) is 482 Å². The molecule has 3 N–H and O–H groups in total. The van der Waals surface area contributed by atoms with Gasteiger partial charge in [0.1, 0.15) is 0 Å². The number of aliphatic hydroxyl groups is 2. The van der Waals surface area contributed by atoms with Crippen LogP contribution in [0.1, 0.15) is 470 Å². The SMILES string of the molecule is CCCCCCCCCCCCCCCCCCCCCCCCCCC(O)C(CO)NC(=O)CCCCCCCCCCCCCCCCCCCCCCCCCCCOC(=O)CCCCCCCCCCCCCCCCCCCCC. The van der Waals surface area contributed by atoms with E-state index in [1.165, 1.54) is 398 Å². The first-order valence-corrected chi connectivity index (χ1v) is 39.8. The molecular formula is C79H157NO5. The van der Waals surface area contributed by atoms with Crippen molar-refractivity contribution in [2.75, 3.05) is 13.2 Å². The van der Waals surface area contributed by atoms with Crippen LogP contribution in [-0.2, 0) is 14.3 Å². The van der Waals surface area contributed by atoms with E-state index in [1.54, 1.807) is 0 Å². The molecule has 0 fully saturated rings. The minimum atomic E-state index is -0.664. The van der Waals surface area contributed by atoms with Crippen molar-refractivity contribution in [1.29, 1.82) is 0 Å². The van der Waals surface area contributed by atoms with Gasteiger partial charge in [0.15, 0.2) is 0 Å². The third kappa shape index (κ3) is 71.8. The molecule has 0 aliphatic rings. The predicted octanol–water partition coefficient (Wildman–Crippen LogP) is 26.1. The summed E-state index contributed by atoms with van der Waals surface area (Å²) < 4.78 is 5.52. The van der Waals surface area contributed by atoms with E-state index < -0.39 is 12.1 Å². The maximum Gasteiger partial charge on any atom is 0.305 e. The van der Waals surface area contributed by atoms with Crippen LogP contribution in [0.3, 0.4) is 0 Å². The molecule has 0 rings (SSSR count). The molecule has 85 heavy (non-hydrogen) atoms. The van der Waals surface area contributed by atoms with Crippen LogP contribution in [0.15, 0.2) is 0 Å². The summed E-state index contributed by atoms with van der Waals surface area (Å²) in [7, 11) is 0. The number of unbranched alkanes of at least 4 members (excludes halogenated alkanes) is 65. The lowest BCUT2D eigenvalue weighted by atomic mass is 10.0. The molecule has 508 valence electrons. The number of carbonyl (C=O) groups is 2. The maximum absolute atomic E-state index is 12.6. The largest absolute Gasteiger partial charge is 0.466 e. The Morgan fingerprint density at radius 3 is 0.718 bits per heavy atom. The van der Waals surface area contributed by atoms with E-state index in [-0.39, 0.29) is 18.5 Å². The first-order valence-electron chi connectivity index (χ1n) is 39.8. The summed E-state index contributed by atoms with van der Waals surface area (Å²) in [6, 6.07) is -0.541. The number of rotatable bonds is 76. The van der Waals surface area contributed by atoms with Crippen molar-refractivity contribution in [1.82, 2.24) is 5.32 Å². The fraction of sp³-hybridized carbons (Fsp3) is 0.975. The Bertz CT molecular complexity index is 1240. The second kappa shape index (κ2) is 75.3. The highest BCUT2D eigenvalue weighted by Gasteiger charge is 2.20. The maximum atomic E-state index is 12.6. The highest BCUT2D eigenvalue weighted by molar-refractivity contribution is 5.76. The quantitative estimate of drug-likeness (QED) is 0.0417. The summed E-state index contributed by atoms with van der Waals surface area (Å²) in [5.74, 6) is -0.00344. The molecule has 0 heterocycles. The van der Waals surface area contributed by atoms with E-state index in [0.717, 1.165) is 38.5 Å². The zero-order valence-corrected chi connectivity index (χ0v) is 58.4. The Labute approximate surface area is 534 Å². The van der Waals surface area contributed by atoms with Gasteiger partial charge in [-0.2, -0.15) is 0 Å². The van der Waals surface area contributed by atoms with Gasteiger partial charge in [-0.15, -0.1) is 0 Å². The summed E-state index contributed by atoms with van der Waals surface area (Å²) >= 11 is 0. The lowest BCUT2D eigenvalue weighted by Crippen LogP contribution is -2.45. The number of ether oxygens (including phenoxy) is 1. The molecule has 1 amide bonds. The highest BCUT2D eigenvalue weighted by Crippen LogP contribution is 2.21. The fourth-order valence-electron chi connectivity index (χ4n) is 13.1. The Kier molecular flexibility index (Phi) is 74.3. The molecule has 0 aromatic rings. The monoisotopic (exact) mass is 1200 g/mol. The summed E-state index contributed by atoms with van der Waals surface area (Å²) in [4.78, 5) is 24.7. The molecular weight excluding hydrogens is 1040 g/mol. The molecule has 2 unspecified atom stereocenters. The standard InChI is InChI=1S/C79H157NO5/c1-3-5-7-9-11-13-15-17-19-21-23-24-25-29-32-36-39-43-47-51-55-59-63-67-71-77(82)76(75-81)80-78(83)72-68-64-60-56-52-48-44-40-37-33-30-27-26-28-31-34-38-42-46-50-54-58-62-66-70-74-85-79(84)73-69-65-61-57-53-49-45-41-35-22-20-18-16-14-12-10-8-6-4-2/h76-77,81-82H,3-75H2,1-2H3,(H,80,83). The lowest BCUT2D eigenvalue weighted by molar-refractivity contribution is -0.143. The molecule has 6 heteroatoms. The van der Waals surface area contributed by atoms with E-state index in [1.807, 2.05) is 0 Å². The van der Waals surface area contributed by atoms with Crippen LogP contribution in [0.4, 0.5) is 0 Å². The van der Waals surface area contributed by atoms with E-state index in [9.17, 15) is 19.8 Å². The van der Waals surface area contributed by atoms with Crippen molar-refractivity contribution >= 4 is 11.9 Å². The smallest absolute Gasteiger partial charge is 0.305 e. The number of esters is 1. The minimum absolute atomic E-state index is 0.0231.